The fraction of sp³-hybridized carbons (Fsp3) is 0.263. The number of carbonyl (C=O) groups is 1. The van der Waals surface area contributed by atoms with Gasteiger partial charge in [-0.2, -0.15) is 5.10 Å². The Morgan fingerprint density at radius 3 is 2.85 bits per heavy atom. The SMILES string of the molecule is Cn1cnnc1-c1nn(C)c2c1CN(C(=O)c1cc3ccccc3[nH]1)CC2. The first kappa shape index (κ1) is 15.8. The molecule has 0 aliphatic carbocycles. The van der Waals surface area contributed by atoms with E-state index in [1.54, 1.807) is 6.33 Å². The molecule has 0 radical (unpaired) electrons. The van der Waals surface area contributed by atoms with Crippen molar-refractivity contribution in [1.29, 1.82) is 0 Å². The number of aryl methyl sites for hydroxylation is 2. The van der Waals surface area contributed by atoms with Gasteiger partial charge < -0.3 is 14.5 Å². The number of para-hydroxylation sites is 1. The molecule has 0 saturated carbocycles. The molecule has 1 aromatic carbocycles. The van der Waals surface area contributed by atoms with E-state index in [2.05, 4.69) is 20.3 Å². The summed E-state index contributed by atoms with van der Waals surface area (Å²) < 4.78 is 3.74. The smallest absolute Gasteiger partial charge is 0.270 e. The lowest BCUT2D eigenvalue weighted by Gasteiger charge is -2.27. The molecule has 0 atom stereocenters. The maximum Gasteiger partial charge on any atom is 0.270 e. The van der Waals surface area contributed by atoms with E-state index < -0.39 is 0 Å². The molecule has 8 heteroatoms. The van der Waals surface area contributed by atoms with Crippen LogP contribution in [0.2, 0.25) is 0 Å². The fourth-order valence-corrected chi connectivity index (χ4v) is 3.80. The molecule has 3 aromatic heterocycles. The van der Waals surface area contributed by atoms with Gasteiger partial charge in [0.25, 0.3) is 5.91 Å². The Bertz CT molecular complexity index is 1130. The van der Waals surface area contributed by atoms with E-state index in [4.69, 9.17) is 0 Å². The number of nitrogens with one attached hydrogen (secondary N) is 1. The van der Waals surface area contributed by atoms with Crippen molar-refractivity contribution in [2.24, 2.45) is 14.1 Å². The number of fused-ring (bicyclic) bond motifs is 2. The van der Waals surface area contributed by atoms with Crippen LogP contribution >= 0.6 is 0 Å². The predicted octanol–water partition coefficient (Wildman–Crippen LogP) is 1.90. The highest BCUT2D eigenvalue weighted by molar-refractivity contribution is 5.98. The van der Waals surface area contributed by atoms with Crippen LogP contribution in [-0.4, -0.2) is 46.9 Å². The molecule has 1 aliphatic heterocycles. The summed E-state index contributed by atoms with van der Waals surface area (Å²) in [6.07, 6.45) is 2.43. The third kappa shape index (κ3) is 2.44. The number of benzene rings is 1. The molecule has 0 bridgehead atoms. The van der Waals surface area contributed by atoms with Crippen LogP contribution < -0.4 is 0 Å². The monoisotopic (exact) mass is 361 g/mol. The Labute approximate surface area is 155 Å². The Kier molecular flexibility index (Phi) is 3.40. The van der Waals surface area contributed by atoms with Crippen LogP contribution in [0.1, 0.15) is 21.7 Å². The molecule has 0 saturated heterocycles. The third-order valence-corrected chi connectivity index (χ3v) is 5.21. The van der Waals surface area contributed by atoms with Gasteiger partial charge in [0.05, 0.1) is 6.54 Å². The van der Waals surface area contributed by atoms with Gasteiger partial charge >= 0.3 is 0 Å². The summed E-state index contributed by atoms with van der Waals surface area (Å²) in [6.45, 7) is 1.18. The predicted molar refractivity (Wildman–Crippen MR) is 99.9 cm³/mol. The van der Waals surface area contributed by atoms with Crippen molar-refractivity contribution in [3.8, 4) is 11.5 Å². The largest absolute Gasteiger partial charge is 0.351 e. The number of aromatic nitrogens is 6. The van der Waals surface area contributed by atoms with Gasteiger partial charge in [0, 0.05) is 49.2 Å². The molecule has 1 aliphatic rings. The Morgan fingerprint density at radius 1 is 1.22 bits per heavy atom. The van der Waals surface area contributed by atoms with E-state index in [0.717, 1.165) is 34.3 Å². The van der Waals surface area contributed by atoms with Crippen molar-refractivity contribution >= 4 is 16.8 Å². The third-order valence-electron chi connectivity index (χ3n) is 5.21. The Hall–Kier alpha value is -3.42. The summed E-state index contributed by atoms with van der Waals surface area (Å²) in [5, 5.41) is 13.8. The second kappa shape index (κ2) is 5.80. The molecule has 136 valence electrons. The Balaban J connectivity index is 1.50. The molecule has 4 aromatic rings. The quantitative estimate of drug-likeness (QED) is 0.591. The van der Waals surface area contributed by atoms with Crippen LogP contribution in [0.15, 0.2) is 36.7 Å². The van der Waals surface area contributed by atoms with Crippen molar-refractivity contribution in [2.75, 3.05) is 6.54 Å². The molecular formula is C19H19N7O. The van der Waals surface area contributed by atoms with Gasteiger partial charge in [-0.3, -0.25) is 9.48 Å². The minimum Gasteiger partial charge on any atom is -0.351 e. The van der Waals surface area contributed by atoms with Crippen LogP contribution in [0.25, 0.3) is 22.4 Å². The number of aromatic amines is 1. The highest BCUT2D eigenvalue weighted by Crippen LogP contribution is 2.29. The zero-order chi connectivity index (χ0) is 18.5. The van der Waals surface area contributed by atoms with E-state index in [0.29, 0.717) is 24.6 Å². The molecule has 27 heavy (non-hydrogen) atoms. The maximum absolute atomic E-state index is 13.1. The van der Waals surface area contributed by atoms with Crippen molar-refractivity contribution in [2.45, 2.75) is 13.0 Å². The topological polar surface area (TPSA) is 84.6 Å². The molecular weight excluding hydrogens is 342 g/mol. The van der Waals surface area contributed by atoms with Gasteiger partial charge in [-0.05, 0) is 12.1 Å². The zero-order valence-electron chi connectivity index (χ0n) is 15.2. The van der Waals surface area contributed by atoms with Gasteiger partial charge in [-0.15, -0.1) is 10.2 Å². The second-order valence-corrected chi connectivity index (χ2v) is 6.91. The summed E-state index contributed by atoms with van der Waals surface area (Å²) in [4.78, 5) is 18.2. The van der Waals surface area contributed by atoms with E-state index in [1.165, 1.54) is 0 Å². The van der Waals surface area contributed by atoms with Crippen molar-refractivity contribution in [1.82, 2.24) is 34.4 Å². The lowest BCUT2D eigenvalue weighted by molar-refractivity contribution is 0.0728. The standard InChI is InChI=1S/C19H19N7O/c1-24-11-20-22-18(24)17-13-10-26(8-7-16(13)25(2)23-17)19(27)15-9-12-5-3-4-6-14(12)21-15/h3-6,9,11,21H,7-8,10H2,1-2H3. The van der Waals surface area contributed by atoms with Gasteiger partial charge in [0.1, 0.15) is 17.7 Å². The lowest BCUT2D eigenvalue weighted by atomic mass is 10.0. The van der Waals surface area contributed by atoms with E-state index in [9.17, 15) is 4.79 Å². The molecule has 8 nitrogen and oxygen atoms in total. The fourth-order valence-electron chi connectivity index (χ4n) is 3.80. The summed E-state index contributed by atoms with van der Waals surface area (Å²) in [5.74, 6) is 0.719. The van der Waals surface area contributed by atoms with E-state index in [-0.39, 0.29) is 5.91 Å². The maximum atomic E-state index is 13.1. The first-order valence-electron chi connectivity index (χ1n) is 8.88. The Morgan fingerprint density at radius 2 is 2.07 bits per heavy atom. The number of hydrogen-bond donors (Lipinski definition) is 1. The first-order valence-corrected chi connectivity index (χ1v) is 8.88. The number of rotatable bonds is 2. The number of hydrogen-bond acceptors (Lipinski definition) is 4. The highest BCUT2D eigenvalue weighted by Gasteiger charge is 2.29. The molecule has 0 fully saturated rings. The van der Waals surface area contributed by atoms with Crippen LogP contribution in [0, 0.1) is 0 Å². The number of amides is 1. The van der Waals surface area contributed by atoms with Gasteiger partial charge in [0.15, 0.2) is 5.82 Å². The van der Waals surface area contributed by atoms with Crippen molar-refractivity contribution < 1.29 is 4.79 Å². The van der Waals surface area contributed by atoms with Crippen LogP contribution in [0.3, 0.4) is 0 Å². The minimum atomic E-state index is 0.00428. The van der Waals surface area contributed by atoms with Gasteiger partial charge in [-0.1, -0.05) is 18.2 Å². The van der Waals surface area contributed by atoms with Crippen molar-refractivity contribution in [3.63, 3.8) is 0 Å². The number of carbonyl (C=O) groups excluding carboxylic acids is 1. The van der Waals surface area contributed by atoms with Gasteiger partial charge in [-0.25, -0.2) is 0 Å². The average molecular weight is 361 g/mol. The normalized spacial score (nSPS) is 13.9. The van der Waals surface area contributed by atoms with Crippen molar-refractivity contribution in [3.05, 3.63) is 53.6 Å². The summed E-state index contributed by atoms with van der Waals surface area (Å²) in [7, 11) is 3.83. The summed E-state index contributed by atoms with van der Waals surface area (Å²) in [6, 6.07) is 9.83. The van der Waals surface area contributed by atoms with Crippen LogP contribution in [0.5, 0.6) is 0 Å². The molecule has 1 N–H and O–H groups in total. The molecule has 0 spiro atoms. The van der Waals surface area contributed by atoms with E-state index in [1.807, 2.05) is 58.6 Å². The molecule has 4 heterocycles. The molecule has 1 amide bonds. The molecule has 5 rings (SSSR count). The van der Waals surface area contributed by atoms with Crippen LogP contribution in [-0.2, 0) is 27.1 Å². The van der Waals surface area contributed by atoms with E-state index >= 15 is 0 Å². The number of H-pyrrole nitrogens is 1. The first-order chi connectivity index (χ1) is 13.1. The number of nitrogens with zero attached hydrogens (tertiary/aromatic N) is 6. The zero-order valence-corrected chi connectivity index (χ0v) is 15.2. The average Bonchev–Trinajstić information content (AvgIpc) is 3.38. The highest BCUT2D eigenvalue weighted by atomic mass is 16.2. The minimum absolute atomic E-state index is 0.00428. The summed E-state index contributed by atoms with van der Waals surface area (Å²) in [5.41, 5.74) is 4.57. The second-order valence-electron chi connectivity index (χ2n) is 6.91. The lowest BCUT2D eigenvalue weighted by Crippen LogP contribution is -2.36. The van der Waals surface area contributed by atoms with Crippen LogP contribution in [0.4, 0.5) is 0 Å². The summed E-state index contributed by atoms with van der Waals surface area (Å²) >= 11 is 0. The molecule has 0 unspecified atom stereocenters. The van der Waals surface area contributed by atoms with Gasteiger partial charge in [0.2, 0.25) is 0 Å².